The number of carbonyl (C=O) groups excluding carboxylic acids is 1. The van der Waals surface area contributed by atoms with Gasteiger partial charge in [0, 0.05) is 6.20 Å². The number of amides is 1. The first-order valence-electron chi connectivity index (χ1n) is 6.63. The van der Waals surface area contributed by atoms with Crippen molar-refractivity contribution in [1.29, 1.82) is 0 Å². The minimum absolute atomic E-state index is 0.00894. The lowest BCUT2D eigenvalue weighted by Gasteiger charge is -2.08. The van der Waals surface area contributed by atoms with E-state index in [9.17, 15) is 19.1 Å². The molecule has 7 nitrogen and oxygen atoms in total. The highest BCUT2D eigenvalue weighted by Crippen LogP contribution is 2.18. The van der Waals surface area contributed by atoms with E-state index in [1.165, 1.54) is 36.8 Å². The first-order valence-corrected chi connectivity index (χ1v) is 6.63. The standard InChI is InChI=1S/C15H11FN4O3/c16-9-3-4-11-10(6-9)15(23)20(8-18-11)7-13(22)19-14-12(21)2-1-5-17-14/h1-6,8,21H,7H2,(H,17,19,22). The molecule has 1 aromatic carbocycles. The van der Waals surface area contributed by atoms with Gasteiger partial charge in [-0.05, 0) is 30.3 Å². The number of benzene rings is 1. The van der Waals surface area contributed by atoms with E-state index in [2.05, 4.69) is 15.3 Å². The lowest BCUT2D eigenvalue weighted by atomic mass is 10.2. The first kappa shape index (κ1) is 14.6. The first-order chi connectivity index (χ1) is 11.0. The van der Waals surface area contributed by atoms with E-state index in [1.54, 1.807) is 0 Å². The molecule has 3 rings (SSSR count). The van der Waals surface area contributed by atoms with Crippen molar-refractivity contribution in [2.45, 2.75) is 6.54 Å². The van der Waals surface area contributed by atoms with Crippen molar-refractivity contribution in [3.63, 3.8) is 0 Å². The van der Waals surface area contributed by atoms with E-state index in [4.69, 9.17) is 0 Å². The molecule has 1 amide bonds. The minimum Gasteiger partial charge on any atom is -0.504 e. The lowest BCUT2D eigenvalue weighted by molar-refractivity contribution is -0.116. The molecule has 0 bridgehead atoms. The SMILES string of the molecule is O=C(Cn1cnc2ccc(F)cc2c1=O)Nc1ncccc1O. The number of nitrogens with zero attached hydrogens (tertiary/aromatic N) is 3. The molecule has 0 aliphatic rings. The molecular formula is C15H11FN4O3. The largest absolute Gasteiger partial charge is 0.504 e. The number of hydrogen-bond donors (Lipinski definition) is 2. The topological polar surface area (TPSA) is 97.1 Å². The van der Waals surface area contributed by atoms with Crippen LogP contribution in [0.3, 0.4) is 0 Å². The van der Waals surface area contributed by atoms with Gasteiger partial charge in [-0.2, -0.15) is 0 Å². The highest BCUT2D eigenvalue weighted by molar-refractivity contribution is 5.91. The Morgan fingerprint density at radius 1 is 1.30 bits per heavy atom. The summed E-state index contributed by atoms with van der Waals surface area (Å²) in [6.07, 6.45) is 2.61. The van der Waals surface area contributed by atoms with Crippen molar-refractivity contribution in [3.05, 3.63) is 59.0 Å². The van der Waals surface area contributed by atoms with Crippen LogP contribution in [0.5, 0.6) is 5.75 Å². The summed E-state index contributed by atoms with van der Waals surface area (Å²) >= 11 is 0. The molecule has 0 radical (unpaired) electrons. The molecule has 0 spiro atoms. The maximum atomic E-state index is 13.3. The molecule has 2 aromatic heterocycles. The number of carbonyl (C=O) groups is 1. The van der Waals surface area contributed by atoms with Gasteiger partial charge >= 0.3 is 0 Å². The summed E-state index contributed by atoms with van der Waals surface area (Å²) in [6, 6.07) is 6.55. The number of rotatable bonds is 3. The third kappa shape index (κ3) is 3.00. The van der Waals surface area contributed by atoms with Crippen LogP contribution in [0.2, 0.25) is 0 Å². The Morgan fingerprint density at radius 3 is 2.91 bits per heavy atom. The van der Waals surface area contributed by atoms with Gasteiger partial charge in [0.25, 0.3) is 5.56 Å². The van der Waals surface area contributed by atoms with Gasteiger partial charge in [0.2, 0.25) is 5.91 Å². The van der Waals surface area contributed by atoms with E-state index >= 15 is 0 Å². The van der Waals surface area contributed by atoms with E-state index in [-0.39, 0.29) is 23.5 Å². The van der Waals surface area contributed by atoms with Gasteiger partial charge in [0.1, 0.15) is 12.4 Å². The van der Waals surface area contributed by atoms with Crippen LogP contribution < -0.4 is 10.9 Å². The summed E-state index contributed by atoms with van der Waals surface area (Å²) < 4.78 is 14.3. The molecule has 0 saturated carbocycles. The molecule has 116 valence electrons. The van der Waals surface area contributed by atoms with Gasteiger partial charge in [-0.15, -0.1) is 0 Å². The summed E-state index contributed by atoms with van der Waals surface area (Å²) in [6.45, 7) is -0.339. The van der Waals surface area contributed by atoms with Crippen LogP contribution in [0.25, 0.3) is 10.9 Å². The van der Waals surface area contributed by atoms with Crippen LogP contribution in [0.4, 0.5) is 10.2 Å². The van der Waals surface area contributed by atoms with Crippen LogP contribution in [0, 0.1) is 5.82 Å². The number of aromatic nitrogens is 3. The van der Waals surface area contributed by atoms with Crippen LogP contribution in [-0.4, -0.2) is 25.5 Å². The molecule has 0 aliphatic heterocycles. The average molecular weight is 314 g/mol. The highest BCUT2D eigenvalue weighted by atomic mass is 19.1. The molecule has 0 fully saturated rings. The quantitative estimate of drug-likeness (QED) is 0.759. The number of halogens is 1. The zero-order valence-electron chi connectivity index (χ0n) is 11.7. The highest BCUT2D eigenvalue weighted by Gasteiger charge is 2.11. The maximum absolute atomic E-state index is 13.3. The van der Waals surface area contributed by atoms with Crippen molar-refractivity contribution < 1.29 is 14.3 Å². The smallest absolute Gasteiger partial charge is 0.261 e. The van der Waals surface area contributed by atoms with Crippen LogP contribution >= 0.6 is 0 Å². The lowest BCUT2D eigenvalue weighted by Crippen LogP contribution is -2.28. The van der Waals surface area contributed by atoms with Gasteiger partial charge in [-0.3, -0.25) is 14.2 Å². The third-order valence-corrected chi connectivity index (χ3v) is 3.14. The number of nitrogens with one attached hydrogen (secondary N) is 1. The fraction of sp³-hybridized carbons (Fsp3) is 0.0667. The van der Waals surface area contributed by atoms with E-state index in [0.717, 1.165) is 10.6 Å². The zero-order chi connectivity index (χ0) is 16.4. The Balaban J connectivity index is 1.87. The average Bonchev–Trinajstić information content (AvgIpc) is 2.53. The predicted octanol–water partition coefficient (Wildman–Crippen LogP) is 1.27. The second-order valence-electron chi connectivity index (χ2n) is 4.76. The summed E-state index contributed by atoms with van der Waals surface area (Å²) in [4.78, 5) is 32.0. The molecule has 0 unspecified atom stereocenters. The van der Waals surface area contributed by atoms with Crippen molar-refractivity contribution in [1.82, 2.24) is 14.5 Å². The number of hydrogen-bond acceptors (Lipinski definition) is 5. The summed E-state index contributed by atoms with van der Waals surface area (Å²) in [5, 5.41) is 12.0. The maximum Gasteiger partial charge on any atom is 0.261 e. The second-order valence-corrected chi connectivity index (χ2v) is 4.76. The molecule has 2 heterocycles. The summed E-state index contributed by atoms with van der Waals surface area (Å²) in [5.41, 5.74) is -0.190. The summed E-state index contributed by atoms with van der Waals surface area (Å²) in [7, 11) is 0. The van der Waals surface area contributed by atoms with E-state index in [1.807, 2.05) is 0 Å². The summed E-state index contributed by atoms with van der Waals surface area (Å²) in [5.74, 6) is -1.33. The number of aromatic hydroxyl groups is 1. The molecule has 2 N–H and O–H groups in total. The number of pyridine rings is 1. The third-order valence-electron chi connectivity index (χ3n) is 3.14. The Hall–Kier alpha value is -3.29. The Morgan fingerprint density at radius 2 is 2.13 bits per heavy atom. The van der Waals surface area contributed by atoms with Crippen molar-refractivity contribution in [3.8, 4) is 5.75 Å². The fourth-order valence-electron chi connectivity index (χ4n) is 2.06. The van der Waals surface area contributed by atoms with Gasteiger partial charge in [-0.25, -0.2) is 14.4 Å². The van der Waals surface area contributed by atoms with E-state index < -0.39 is 17.3 Å². The molecule has 0 saturated heterocycles. The predicted molar refractivity (Wildman–Crippen MR) is 80.5 cm³/mol. The zero-order valence-corrected chi connectivity index (χ0v) is 11.7. The molecular weight excluding hydrogens is 303 g/mol. The monoisotopic (exact) mass is 314 g/mol. The van der Waals surface area contributed by atoms with Gasteiger partial charge in [0.05, 0.1) is 17.2 Å². The Kier molecular flexibility index (Phi) is 3.71. The van der Waals surface area contributed by atoms with Crippen molar-refractivity contribution >= 4 is 22.6 Å². The van der Waals surface area contributed by atoms with Gasteiger partial charge < -0.3 is 10.4 Å². The van der Waals surface area contributed by atoms with Gasteiger partial charge in [0.15, 0.2) is 11.6 Å². The van der Waals surface area contributed by atoms with Crippen LogP contribution in [0.15, 0.2) is 47.7 Å². The van der Waals surface area contributed by atoms with Crippen molar-refractivity contribution in [2.24, 2.45) is 0 Å². The fourth-order valence-corrected chi connectivity index (χ4v) is 2.06. The van der Waals surface area contributed by atoms with Gasteiger partial charge in [-0.1, -0.05) is 0 Å². The van der Waals surface area contributed by atoms with Crippen LogP contribution in [-0.2, 0) is 11.3 Å². The molecule has 0 atom stereocenters. The minimum atomic E-state index is -0.571. The molecule has 23 heavy (non-hydrogen) atoms. The van der Waals surface area contributed by atoms with Crippen LogP contribution in [0.1, 0.15) is 0 Å². The second kappa shape index (κ2) is 5.84. The normalized spacial score (nSPS) is 10.7. The number of anilines is 1. The Labute approximate surface area is 129 Å². The molecule has 3 aromatic rings. The molecule has 0 aliphatic carbocycles. The van der Waals surface area contributed by atoms with E-state index in [0.29, 0.717) is 5.52 Å². The Bertz CT molecular complexity index is 955. The number of fused-ring (bicyclic) bond motifs is 1. The molecule has 8 heteroatoms. The van der Waals surface area contributed by atoms with Crippen molar-refractivity contribution in [2.75, 3.05) is 5.32 Å².